The van der Waals surface area contributed by atoms with E-state index in [4.69, 9.17) is 5.11 Å². The quantitative estimate of drug-likeness (QED) is 0.792. The molecule has 1 amide bonds. The van der Waals surface area contributed by atoms with E-state index >= 15 is 0 Å². The molecular formula is C11H15NO3S2. The lowest BCUT2D eigenvalue weighted by Crippen LogP contribution is -2.41. The van der Waals surface area contributed by atoms with E-state index in [1.165, 1.54) is 11.3 Å². The van der Waals surface area contributed by atoms with Gasteiger partial charge in [-0.2, -0.15) is 11.8 Å². The third kappa shape index (κ3) is 5.23. The third-order valence-electron chi connectivity index (χ3n) is 2.16. The van der Waals surface area contributed by atoms with E-state index in [0.717, 1.165) is 10.6 Å². The molecule has 0 aromatic carbocycles. The molecule has 0 aliphatic heterocycles. The van der Waals surface area contributed by atoms with Crippen LogP contribution in [0.4, 0.5) is 0 Å². The van der Waals surface area contributed by atoms with Gasteiger partial charge in [-0.3, -0.25) is 4.79 Å². The Balaban J connectivity index is 2.43. The van der Waals surface area contributed by atoms with E-state index in [0.29, 0.717) is 6.42 Å². The number of hydrogen-bond acceptors (Lipinski definition) is 4. The van der Waals surface area contributed by atoms with Crippen LogP contribution in [0.1, 0.15) is 11.3 Å². The number of carbonyl (C=O) groups excluding carboxylic acids is 1. The first-order chi connectivity index (χ1) is 8.13. The summed E-state index contributed by atoms with van der Waals surface area (Å²) in [6.45, 7) is 0. The van der Waals surface area contributed by atoms with Gasteiger partial charge in [0.2, 0.25) is 5.91 Å². The predicted molar refractivity (Wildman–Crippen MR) is 70.6 cm³/mol. The van der Waals surface area contributed by atoms with Gasteiger partial charge in [-0.25, -0.2) is 4.79 Å². The summed E-state index contributed by atoms with van der Waals surface area (Å²) in [6.07, 6.45) is 2.61. The van der Waals surface area contributed by atoms with Crippen LogP contribution in [0.25, 0.3) is 0 Å². The second kappa shape index (κ2) is 7.34. The summed E-state index contributed by atoms with van der Waals surface area (Å²) in [4.78, 5) is 23.5. The Hall–Kier alpha value is -1.01. The Bertz CT molecular complexity index is 365. The Kier molecular flexibility index (Phi) is 6.07. The van der Waals surface area contributed by atoms with E-state index in [2.05, 4.69) is 5.32 Å². The number of thiophene rings is 1. The largest absolute Gasteiger partial charge is 0.480 e. The second-order valence-electron chi connectivity index (χ2n) is 3.50. The Labute approximate surface area is 108 Å². The van der Waals surface area contributed by atoms with Gasteiger partial charge in [0.05, 0.1) is 6.42 Å². The van der Waals surface area contributed by atoms with Crippen LogP contribution in [-0.4, -0.2) is 35.0 Å². The summed E-state index contributed by atoms with van der Waals surface area (Å²) in [6, 6.07) is 2.95. The summed E-state index contributed by atoms with van der Waals surface area (Å²) in [7, 11) is 0. The Morgan fingerprint density at radius 3 is 2.88 bits per heavy atom. The topological polar surface area (TPSA) is 66.4 Å². The lowest BCUT2D eigenvalue weighted by atomic mass is 10.2. The van der Waals surface area contributed by atoms with Crippen LogP contribution in [0.15, 0.2) is 17.5 Å². The number of carboxylic acid groups (broad SMARTS) is 1. The molecule has 1 aromatic heterocycles. The summed E-state index contributed by atoms with van der Waals surface area (Å²) in [5.74, 6) is -0.490. The van der Waals surface area contributed by atoms with Gasteiger partial charge in [0.1, 0.15) is 6.04 Å². The lowest BCUT2D eigenvalue weighted by Gasteiger charge is -2.13. The number of nitrogens with one attached hydrogen (secondary N) is 1. The molecule has 0 saturated heterocycles. The minimum atomic E-state index is -0.974. The van der Waals surface area contributed by atoms with E-state index in [9.17, 15) is 9.59 Å². The van der Waals surface area contributed by atoms with Crippen molar-refractivity contribution in [2.24, 2.45) is 0 Å². The van der Waals surface area contributed by atoms with Gasteiger partial charge in [-0.15, -0.1) is 11.3 Å². The molecule has 17 heavy (non-hydrogen) atoms. The number of amides is 1. The number of carboxylic acids is 1. The van der Waals surface area contributed by atoms with Crippen molar-refractivity contribution in [1.82, 2.24) is 5.32 Å². The van der Waals surface area contributed by atoms with Crippen LogP contribution in [0.3, 0.4) is 0 Å². The Morgan fingerprint density at radius 1 is 1.59 bits per heavy atom. The predicted octanol–water partition coefficient (Wildman–Crippen LogP) is 1.61. The molecule has 0 saturated carbocycles. The van der Waals surface area contributed by atoms with Crippen molar-refractivity contribution in [3.05, 3.63) is 22.4 Å². The lowest BCUT2D eigenvalue weighted by molar-refractivity contribution is -0.141. The molecule has 6 heteroatoms. The molecule has 4 nitrogen and oxygen atoms in total. The van der Waals surface area contributed by atoms with Crippen LogP contribution < -0.4 is 5.32 Å². The van der Waals surface area contributed by atoms with E-state index in [1.54, 1.807) is 11.8 Å². The maximum atomic E-state index is 11.6. The van der Waals surface area contributed by atoms with Crippen LogP contribution in [-0.2, 0) is 16.0 Å². The van der Waals surface area contributed by atoms with Crippen molar-refractivity contribution in [2.45, 2.75) is 18.9 Å². The molecule has 1 rings (SSSR count). The van der Waals surface area contributed by atoms with Gasteiger partial charge in [0, 0.05) is 4.88 Å². The van der Waals surface area contributed by atoms with Gasteiger partial charge >= 0.3 is 5.97 Å². The zero-order valence-corrected chi connectivity index (χ0v) is 11.1. The highest BCUT2D eigenvalue weighted by molar-refractivity contribution is 7.98. The summed E-state index contributed by atoms with van der Waals surface area (Å²) >= 11 is 3.06. The first-order valence-electron chi connectivity index (χ1n) is 5.17. The number of aliphatic carboxylic acids is 1. The first-order valence-corrected chi connectivity index (χ1v) is 7.44. The van der Waals surface area contributed by atoms with Gasteiger partial charge < -0.3 is 10.4 Å². The average Bonchev–Trinajstić information content (AvgIpc) is 2.76. The third-order valence-corrected chi connectivity index (χ3v) is 3.68. The molecule has 0 spiro atoms. The smallest absolute Gasteiger partial charge is 0.326 e. The average molecular weight is 273 g/mol. The fourth-order valence-electron chi connectivity index (χ4n) is 1.31. The number of rotatable bonds is 7. The Morgan fingerprint density at radius 2 is 2.35 bits per heavy atom. The van der Waals surface area contributed by atoms with Gasteiger partial charge in [0.15, 0.2) is 0 Å². The monoisotopic (exact) mass is 273 g/mol. The van der Waals surface area contributed by atoms with Crippen LogP contribution in [0, 0.1) is 0 Å². The summed E-state index contributed by atoms with van der Waals surface area (Å²) < 4.78 is 0. The maximum absolute atomic E-state index is 11.6. The molecule has 0 radical (unpaired) electrons. The molecule has 0 bridgehead atoms. The molecule has 94 valence electrons. The standard InChI is InChI=1S/C11H15NO3S2/c1-16-6-4-9(11(14)15)12-10(13)7-8-3-2-5-17-8/h2-3,5,9H,4,6-7H2,1H3,(H,12,13)(H,14,15). The number of thioether (sulfide) groups is 1. The normalized spacial score (nSPS) is 12.1. The minimum Gasteiger partial charge on any atom is -0.480 e. The van der Waals surface area contributed by atoms with Crippen LogP contribution >= 0.6 is 23.1 Å². The minimum absolute atomic E-state index is 0.235. The van der Waals surface area contributed by atoms with Crippen LogP contribution in [0.2, 0.25) is 0 Å². The van der Waals surface area contributed by atoms with Crippen molar-refractivity contribution in [1.29, 1.82) is 0 Å². The molecule has 2 N–H and O–H groups in total. The zero-order valence-electron chi connectivity index (χ0n) is 9.51. The van der Waals surface area contributed by atoms with Gasteiger partial charge in [-0.1, -0.05) is 6.07 Å². The van der Waals surface area contributed by atoms with Crippen molar-refractivity contribution >= 4 is 35.0 Å². The molecular weight excluding hydrogens is 258 g/mol. The summed E-state index contributed by atoms with van der Waals surface area (Å²) in [5.41, 5.74) is 0. The highest BCUT2D eigenvalue weighted by Gasteiger charge is 2.19. The zero-order chi connectivity index (χ0) is 12.7. The molecule has 0 fully saturated rings. The highest BCUT2D eigenvalue weighted by atomic mass is 32.2. The fraction of sp³-hybridized carbons (Fsp3) is 0.455. The SMILES string of the molecule is CSCCC(NC(=O)Cc1cccs1)C(=O)O. The highest BCUT2D eigenvalue weighted by Crippen LogP contribution is 2.09. The van der Waals surface area contributed by atoms with Crippen molar-refractivity contribution in [2.75, 3.05) is 12.0 Å². The molecule has 0 aliphatic rings. The van der Waals surface area contributed by atoms with Crippen molar-refractivity contribution in [3.63, 3.8) is 0 Å². The molecule has 1 aromatic rings. The molecule has 1 unspecified atom stereocenters. The molecule has 1 atom stereocenters. The van der Waals surface area contributed by atoms with Gasteiger partial charge in [0.25, 0.3) is 0 Å². The second-order valence-corrected chi connectivity index (χ2v) is 5.51. The first kappa shape index (κ1) is 14.1. The van der Waals surface area contributed by atoms with E-state index in [1.807, 2.05) is 23.8 Å². The fourth-order valence-corrected chi connectivity index (χ4v) is 2.48. The van der Waals surface area contributed by atoms with E-state index < -0.39 is 12.0 Å². The summed E-state index contributed by atoms with van der Waals surface area (Å²) in [5, 5.41) is 13.4. The number of carbonyl (C=O) groups is 2. The van der Waals surface area contributed by atoms with E-state index in [-0.39, 0.29) is 12.3 Å². The maximum Gasteiger partial charge on any atom is 0.326 e. The van der Waals surface area contributed by atoms with Crippen molar-refractivity contribution in [3.8, 4) is 0 Å². The number of hydrogen-bond donors (Lipinski definition) is 2. The van der Waals surface area contributed by atoms with Crippen LogP contribution in [0.5, 0.6) is 0 Å². The van der Waals surface area contributed by atoms with Gasteiger partial charge in [-0.05, 0) is 29.9 Å². The molecule has 0 aliphatic carbocycles. The molecule has 1 heterocycles. The van der Waals surface area contributed by atoms with Crippen molar-refractivity contribution < 1.29 is 14.7 Å².